The van der Waals surface area contributed by atoms with Crippen LogP contribution in [0.1, 0.15) is 264 Å². The molecule has 0 aliphatic carbocycles. The minimum absolute atomic E-state index is 0.00720. The van der Waals surface area contributed by atoms with Crippen molar-refractivity contribution in [1.82, 2.24) is 5.32 Å². The average molecular weight is 964 g/mol. The summed E-state index contributed by atoms with van der Waals surface area (Å²) in [5.74, 6) is -0.208. The Labute approximate surface area is 416 Å². The lowest BCUT2D eigenvalue weighted by molar-refractivity contribution is -0.870. The molecule has 0 fully saturated rings. The maximum Gasteiger partial charge on any atom is 0.268 e. The molecule has 3 atom stereocenters. The summed E-state index contributed by atoms with van der Waals surface area (Å²) < 4.78 is 23.3. The summed E-state index contributed by atoms with van der Waals surface area (Å²) in [5, 5.41) is 13.9. The molecule has 0 rings (SSSR count). The van der Waals surface area contributed by atoms with E-state index in [2.05, 4.69) is 55.6 Å². The summed E-state index contributed by atoms with van der Waals surface area (Å²) in [6.45, 7) is 4.64. The van der Waals surface area contributed by atoms with Gasteiger partial charge in [-0.3, -0.25) is 9.36 Å². The van der Waals surface area contributed by atoms with Gasteiger partial charge in [-0.25, -0.2) is 0 Å². The minimum atomic E-state index is -4.61. The second-order valence-electron chi connectivity index (χ2n) is 20.6. The third-order valence-corrected chi connectivity index (χ3v) is 13.7. The van der Waals surface area contributed by atoms with E-state index in [1.54, 1.807) is 6.08 Å². The number of aliphatic hydroxyl groups excluding tert-OH is 1. The number of hydrogen-bond acceptors (Lipinski definition) is 6. The molecule has 0 bridgehead atoms. The van der Waals surface area contributed by atoms with Crippen LogP contribution < -0.4 is 10.2 Å². The Hall–Kier alpha value is -1.54. The lowest BCUT2D eigenvalue weighted by atomic mass is 10.0. The van der Waals surface area contributed by atoms with E-state index in [0.717, 1.165) is 44.9 Å². The number of nitrogens with zero attached hydrogens (tertiary/aromatic N) is 1. The van der Waals surface area contributed by atoms with Crippen molar-refractivity contribution in [3.63, 3.8) is 0 Å². The fourth-order valence-electron chi connectivity index (χ4n) is 8.26. The maximum atomic E-state index is 13.0. The first kappa shape index (κ1) is 65.5. The number of amides is 1. The molecule has 0 heterocycles. The molecule has 0 aliphatic rings. The highest BCUT2D eigenvalue weighted by Crippen LogP contribution is 2.38. The molecule has 3 unspecified atom stereocenters. The molecule has 394 valence electrons. The van der Waals surface area contributed by atoms with Gasteiger partial charge in [0.2, 0.25) is 5.91 Å². The van der Waals surface area contributed by atoms with Gasteiger partial charge in [0, 0.05) is 6.42 Å². The number of allylic oxidation sites excluding steroid dienone is 7. The van der Waals surface area contributed by atoms with Gasteiger partial charge in [0.15, 0.2) is 0 Å². The number of aliphatic hydroxyl groups is 1. The van der Waals surface area contributed by atoms with Gasteiger partial charge in [0.25, 0.3) is 7.82 Å². The number of carbonyl (C=O) groups excluding carboxylic acids is 1. The van der Waals surface area contributed by atoms with Crippen LogP contribution in [0.4, 0.5) is 0 Å². The lowest BCUT2D eigenvalue weighted by Gasteiger charge is -2.29. The molecule has 0 spiro atoms. The number of phosphoric acid groups is 1. The Kier molecular flexibility index (Phi) is 48.3. The van der Waals surface area contributed by atoms with Crippen molar-refractivity contribution < 1.29 is 32.9 Å². The van der Waals surface area contributed by atoms with Gasteiger partial charge in [-0.15, -0.1) is 0 Å². The smallest absolute Gasteiger partial charge is 0.268 e. The highest BCUT2D eigenvalue weighted by atomic mass is 31.2. The van der Waals surface area contributed by atoms with E-state index in [9.17, 15) is 19.4 Å². The standard InChI is InChI=1S/C58H111N2O6P/c1-6-8-10-12-14-16-18-20-22-24-26-28-30-32-34-36-38-40-42-44-46-48-50-52-58(62)59-56(55-66-67(63,64)65-54-53-60(3,4)5)57(61)51-49-47-45-43-41-39-37-35-33-31-29-27-25-23-21-19-17-15-13-11-9-7-2/h18,20,24,26,41,43,49,51,56-57,61H,6-17,19,21-23,25,27-40,42,44-48,50,52-55H2,1-5H3,(H-,59,62,63,64)/b20-18-,26-24-,43-41+,51-49+. The second-order valence-corrected chi connectivity index (χ2v) is 22.0. The van der Waals surface area contributed by atoms with E-state index in [4.69, 9.17) is 9.05 Å². The van der Waals surface area contributed by atoms with Crippen LogP contribution in [0.5, 0.6) is 0 Å². The zero-order valence-corrected chi connectivity index (χ0v) is 45.7. The zero-order chi connectivity index (χ0) is 49.2. The first-order valence-electron chi connectivity index (χ1n) is 28.5. The highest BCUT2D eigenvalue weighted by Gasteiger charge is 2.23. The first-order valence-corrected chi connectivity index (χ1v) is 30.0. The normalized spacial score (nSPS) is 14.3. The number of quaternary nitrogens is 1. The largest absolute Gasteiger partial charge is 0.756 e. The Morgan fingerprint density at radius 3 is 1.30 bits per heavy atom. The van der Waals surface area contributed by atoms with Gasteiger partial charge in [-0.1, -0.05) is 242 Å². The van der Waals surface area contributed by atoms with Crippen LogP contribution in [-0.2, 0) is 18.4 Å². The molecule has 0 aromatic carbocycles. The Morgan fingerprint density at radius 2 is 0.881 bits per heavy atom. The molecular weight excluding hydrogens is 852 g/mol. The molecule has 0 saturated heterocycles. The van der Waals surface area contributed by atoms with E-state index >= 15 is 0 Å². The van der Waals surface area contributed by atoms with E-state index in [0.29, 0.717) is 17.4 Å². The number of phosphoric ester groups is 1. The fourth-order valence-corrected chi connectivity index (χ4v) is 8.98. The predicted molar refractivity (Wildman–Crippen MR) is 288 cm³/mol. The summed E-state index contributed by atoms with van der Waals surface area (Å²) >= 11 is 0. The van der Waals surface area contributed by atoms with Gasteiger partial charge < -0.3 is 28.8 Å². The predicted octanol–water partition coefficient (Wildman–Crippen LogP) is 16.5. The number of carbonyl (C=O) groups is 1. The lowest BCUT2D eigenvalue weighted by Crippen LogP contribution is -2.45. The SMILES string of the molecule is CCCCCCC/C=C\C/C=C\CCCCCCCCCCCCCC(=O)NC(COP(=O)([O-])OCC[N+](C)(C)C)C(O)/C=C/CC/C=C/CCCCCCCCCCCCCCCCCC. The van der Waals surface area contributed by atoms with Crippen molar-refractivity contribution in [2.75, 3.05) is 40.9 Å². The van der Waals surface area contributed by atoms with Crippen molar-refractivity contribution in [2.45, 2.75) is 276 Å². The molecule has 0 aliphatic heterocycles. The van der Waals surface area contributed by atoms with E-state index in [1.807, 2.05) is 27.2 Å². The number of hydrogen-bond donors (Lipinski definition) is 2. The van der Waals surface area contributed by atoms with Crippen LogP contribution in [-0.4, -0.2) is 68.5 Å². The summed E-state index contributed by atoms with van der Waals surface area (Å²) in [7, 11) is 1.25. The van der Waals surface area contributed by atoms with Crippen molar-refractivity contribution in [1.29, 1.82) is 0 Å². The molecule has 0 saturated carbocycles. The first-order chi connectivity index (χ1) is 32.5. The molecule has 1 amide bonds. The fraction of sp³-hybridized carbons (Fsp3) is 0.845. The van der Waals surface area contributed by atoms with Crippen molar-refractivity contribution in [2.24, 2.45) is 0 Å². The topological polar surface area (TPSA) is 108 Å². The second kappa shape index (κ2) is 49.4. The quantitative estimate of drug-likeness (QED) is 0.0272. The number of nitrogens with one attached hydrogen (secondary N) is 1. The molecule has 0 aromatic rings. The number of likely N-dealkylation sites (N-methyl/N-ethyl adjacent to an activating group) is 1. The van der Waals surface area contributed by atoms with Crippen LogP contribution >= 0.6 is 7.82 Å². The van der Waals surface area contributed by atoms with Gasteiger partial charge in [-0.05, 0) is 64.2 Å². The Morgan fingerprint density at radius 1 is 0.522 bits per heavy atom. The maximum absolute atomic E-state index is 13.0. The average Bonchev–Trinajstić information content (AvgIpc) is 3.29. The third kappa shape index (κ3) is 52.1. The van der Waals surface area contributed by atoms with Crippen LogP contribution in [0, 0.1) is 0 Å². The molecule has 0 aromatic heterocycles. The molecular formula is C58H111N2O6P. The monoisotopic (exact) mass is 963 g/mol. The van der Waals surface area contributed by atoms with E-state index < -0.39 is 26.6 Å². The Bertz CT molecular complexity index is 1230. The summed E-state index contributed by atoms with van der Waals surface area (Å²) in [6.07, 6.45) is 64.7. The molecule has 2 N–H and O–H groups in total. The van der Waals surface area contributed by atoms with E-state index in [-0.39, 0.29) is 12.5 Å². The van der Waals surface area contributed by atoms with Gasteiger partial charge in [0.1, 0.15) is 13.2 Å². The van der Waals surface area contributed by atoms with Gasteiger partial charge in [-0.2, -0.15) is 0 Å². The molecule has 67 heavy (non-hydrogen) atoms. The highest BCUT2D eigenvalue weighted by molar-refractivity contribution is 7.45. The van der Waals surface area contributed by atoms with Gasteiger partial charge in [0.05, 0.1) is 39.9 Å². The Balaban J connectivity index is 4.27. The molecule has 8 nitrogen and oxygen atoms in total. The van der Waals surface area contributed by atoms with Crippen molar-refractivity contribution in [3.05, 3.63) is 48.6 Å². The molecule has 9 heteroatoms. The zero-order valence-electron chi connectivity index (χ0n) is 44.9. The van der Waals surface area contributed by atoms with Gasteiger partial charge >= 0.3 is 0 Å². The summed E-state index contributed by atoms with van der Waals surface area (Å²) in [4.78, 5) is 25.5. The van der Waals surface area contributed by atoms with Crippen LogP contribution in [0.3, 0.4) is 0 Å². The number of rotatable bonds is 52. The van der Waals surface area contributed by atoms with Crippen molar-refractivity contribution in [3.8, 4) is 0 Å². The third-order valence-electron chi connectivity index (χ3n) is 12.8. The van der Waals surface area contributed by atoms with Crippen molar-refractivity contribution >= 4 is 13.7 Å². The van der Waals surface area contributed by atoms with E-state index in [1.165, 1.54) is 199 Å². The minimum Gasteiger partial charge on any atom is -0.756 e. The molecule has 0 radical (unpaired) electrons. The van der Waals surface area contributed by atoms with Crippen LogP contribution in [0.15, 0.2) is 48.6 Å². The van der Waals surface area contributed by atoms with Crippen LogP contribution in [0.25, 0.3) is 0 Å². The number of unbranched alkanes of at least 4 members (excludes halogenated alkanes) is 33. The van der Waals surface area contributed by atoms with Crippen LogP contribution in [0.2, 0.25) is 0 Å². The summed E-state index contributed by atoms with van der Waals surface area (Å²) in [6, 6.07) is -0.906. The summed E-state index contributed by atoms with van der Waals surface area (Å²) in [5.41, 5.74) is 0.